The summed E-state index contributed by atoms with van der Waals surface area (Å²) in [6.07, 6.45) is 3.13. The molecule has 0 bridgehead atoms. The van der Waals surface area contributed by atoms with Crippen molar-refractivity contribution in [1.29, 1.82) is 0 Å². The Morgan fingerprint density at radius 3 is 2.78 bits per heavy atom. The molecule has 6 heteroatoms. The van der Waals surface area contributed by atoms with Crippen molar-refractivity contribution in [3.8, 4) is 0 Å². The van der Waals surface area contributed by atoms with Crippen molar-refractivity contribution in [3.63, 3.8) is 0 Å². The summed E-state index contributed by atoms with van der Waals surface area (Å²) in [7, 11) is 0. The molecule has 92 valence electrons. The quantitative estimate of drug-likeness (QED) is 0.892. The number of nitrogens with zero attached hydrogens (tertiary/aromatic N) is 2. The number of carbonyl (C=O) groups excluding carboxylic acids is 1. The number of halogens is 1. The first-order valence-electron chi connectivity index (χ1n) is 5.21. The van der Waals surface area contributed by atoms with Crippen LogP contribution in [0.15, 0.2) is 35.1 Å². The molecule has 3 N–H and O–H groups in total. The number of aromatic nitrogens is 2. The van der Waals surface area contributed by atoms with Crippen molar-refractivity contribution < 1.29 is 4.79 Å². The molecule has 2 heterocycles. The molecule has 0 aliphatic rings. The van der Waals surface area contributed by atoms with Crippen LogP contribution in [-0.2, 0) is 0 Å². The van der Waals surface area contributed by atoms with Crippen LogP contribution in [-0.4, -0.2) is 15.9 Å². The first kappa shape index (κ1) is 12.5. The SMILES string of the molecule is Cc1ncc(N)cc1C(=O)Nc1ccc(Br)cn1. The van der Waals surface area contributed by atoms with Crippen LogP contribution in [0, 0.1) is 6.92 Å². The van der Waals surface area contributed by atoms with Crippen molar-refractivity contribution in [2.45, 2.75) is 6.92 Å². The van der Waals surface area contributed by atoms with Gasteiger partial charge >= 0.3 is 0 Å². The van der Waals surface area contributed by atoms with Crippen LogP contribution in [0.3, 0.4) is 0 Å². The maximum Gasteiger partial charge on any atom is 0.258 e. The number of rotatable bonds is 2. The number of hydrogen-bond donors (Lipinski definition) is 2. The van der Waals surface area contributed by atoms with Gasteiger partial charge in [-0.2, -0.15) is 0 Å². The molecular weight excluding hydrogens is 296 g/mol. The zero-order valence-electron chi connectivity index (χ0n) is 9.64. The lowest BCUT2D eigenvalue weighted by atomic mass is 10.2. The van der Waals surface area contributed by atoms with Crippen molar-refractivity contribution in [3.05, 3.63) is 46.3 Å². The smallest absolute Gasteiger partial charge is 0.258 e. The van der Waals surface area contributed by atoms with Gasteiger partial charge in [-0.1, -0.05) is 0 Å². The average molecular weight is 307 g/mol. The van der Waals surface area contributed by atoms with Gasteiger partial charge in [0, 0.05) is 10.7 Å². The van der Waals surface area contributed by atoms with E-state index in [9.17, 15) is 4.79 Å². The minimum absolute atomic E-state index is 0.276. The Morgan fingerprint density at radius 1 is 1.33 bits per heavy atom. The second-order valence-electron chi connectivity index (χ2n) is 3.72. The average Bonchev–Trinajstić information content (AvgIpc) is 2.35. The highest BCUT2D eigenvalue weighted by Gasteiger charge is 2.11. The monoisotopic (exact) mass is 306 g/mol. The molecule has 0 aromatic carbocycles. The number of nitrogens with one attached hydrogen (secondary N) is 1. The number of carbonyl (C=O) groups is 1. The summed E-state index contributed by atoms with van der Waals surface area (Å²) in [5.41, 5.74) is 7.14. The van der Waals surface area contributed by atoms with Gasteiger partial charge in [-0.25, -0.2) is 4.98 Å². The van der Waals surface area contributed by atoms with Gasteiger partial charge in [0.15, 0.2) is 0 Å². The van der Waals surface area contributed by atoms with Crippen molar-refractivity contribution in [1.82, 2.24) is 9.97 Å². The fourth-order valence-corrected chi connectivity index (χ4v) is 1.65. The van der Waals surface area contributed by atoms with Crippen LogP contribution < -0.4 is 11.1 Å². The largest absolute Gasteiger partial charge is 0.397 e. The second kappa shape index (κ2) is 5.14. The Morgan fingerprint density at radius 2 is 2.11 bits per heavy atom. The lowest BCUT2D eigenvalue weighted by Gasteiger charge is -2.07. The normalized spacial score (nSPS) is 10.1. The van der Waals surface area contributed by atoms with E-state index >= 15 is 0 Å². The summed E-state index contributed by atoms with van der Waals surface area (Å²) in [6, 6.07) is 5.10. The Labute approximate surface area is 113 Å². The topological polar surface area (TPSA) is 80.9 Å². The van der Waals surface area contributed by atoms with E-state index in [1.807, 2.05) is 0 Å². The zero-order chi connectivity index (χ0) is 13.1. The minimum Gasteiger partial charge on any atom is -0.397 e. The zero-order valence-corrected chi connectivity index (χ0v) is 11.2. The van der Waals surface area contributed by atoms with Crippen LogP contribution >= 0.6 is 15.9 Å². The van der Waals surface area contributed by atoms with Gasteiger partial charge in [0.1, 0.15) is 5.82 Å². The van der Waals surface area contributed by atoms with E-state index in [0.717, 1.165) is 4.47 Å². The number of nitrogens with two attached hydrogens (primary N) is 1. The first-order valence-corrected chi connectivity index (χ1v) is 6.00. The van der Waals surface area contributed by atoms with Crippen LogP contribution in [0.25, 0.3) is 0 Å². The number of aryl methyl sites for hydroxylation is 1. The van der Waals surface area contributed by atoms with Crippen LogP contribution in [0.4, 0.5) is 11.5 Å². The molecule has 18 heavy (non-hydrogen) atoms. The van der Waals surface area contributed by atoms with Crippen LogP contribution in [0.5, 0.6) is 0 Å². The Bertz CT molecular complexity index is 583. The molecule has 1 amide bonds. The van der Waals surface area contributed by atoms with E-state index in [2.05, 4.69) is 31.2 Å². The summed E-state index contributed by atoms with van der Waals surface area (Å²) in [6.45, 7) is 1.75. The maximum atomic E-state index is 12.0. The van der Waals surface area contributed by atoms with E-state index in [0.29, 0.717) is 22.8 Å². The fourth-order valence-electron chi connectivity index (χ4n) is 1.41. The van der Waals surface area contributed by atoms with Crippen molar-refractivity contribution >= 4 is 33.3 Å². The van der Waals surface area contributed by atoms with E-state index < -0.39 is 0 Å². The van der Waals surface area contributed by atoms with Gasteiger partial charge in [0.2, 0.25) is 0 Å². The molecule has 0 spiro atoms. The predicted octanol–water partition coefficient (Wildman–Crippen LogP) is 2.38. The molecule has 0 saturated heterocycles. The Hall–Kier alpha value is -1.95. The van der Waals surface area contributed by atoms with Gasteiger partial charge in [0.05, 0.1) is 23.1 Å². The third kappa shape index (κ3) is 2.84. The Kier molecular flexibility index (Phi) is 3.57. The van der Waals surface area contributed by atoms with Crippen molar-refractivity contribution in [2.75, 3.05) is 11.1 Å². The molecule has 2 aromatic rings. The number of pyridine rings is 2. The van der Waals surface area contributed by atoms with Crippen LogP contribution in [0.2, 0.25) is 0 Å². The minimum atomic E-state index is -0.276. The number of hydrogen-bond acceptors (Lipinski definition) is 4. The molecule has 0 fully saturated rings. The molecule has 0 atom stereocenters. The summed E-state index contributed by atoms with van der Waals surface area (Å²) >= 11 is 3.28. The lowest BCUT2D eigenvalue weighted by Crippen LogP contribution is -2.15. The lowest BCUT2D eigenvalue weighted by molar-refractivity contribution is 0.102. The van der Waals surface area contributed by atoms with E-state index in [1.54, 1.807) is 31.3 Å². The second-order valence-corrected chi connectivity index (χ2v) is 4.63. The van der Waals surface area contributed by atoms with Gasteiger partial charge < -0.3 is 11.1 Å². The van der Waals surface area contributed by atoms with Gasteiger partial charge in [-0.05, 0) is 41.1 Å². The molecule has 5 nitrogen and oxygen atoms in total. The van der Waals surface area contributed by atoms with E-state index in [-0.39, 0.29) is 5.91 Å². The highest BCUT2D eigenvalue weighted by atomic mass is 79.9. The molecule has 0 aliphatic carbocycles. The third-order valence-electron chi connectivity index (χ3n) is 2.32. The number of amides is 1. The summed E-state index contributed by atoms with van der Waals surface area (Å²) in [4.78, 5) is 20.1. The highest BCUT2D eigenvalue weighted by molar-refractivity contribution is 9.10. The van der Waals surface area contributed by atoms with Gasteiger partial charge in [-0.3, -0.25) is 9.78 Å². The predicted molar refractivity (Wildman–Crippen MR) is 73.3 cm³/mol. The summed E-state index contributed by atoms with van der Waals surface area (Å²) < 4.78 is 0.849. The Balaban J connectivity index is 2.21. The standard InChI is InChI=1S/C12H11BrN4O/c1-7-10(4-9(14)6-15-7)12(18)17-11-3-2-8(13)5-16-11/h2-6H,14H2,1H3,(H,16,17,18). The maximum absolute atomic E-state index is 12.0. The first-order chi connectivity index (χ1) is 8.56. The van der Waals surface area contributed by atoms with Gasteiger partial charge in [-0.15, -0.1) is 0 Å². The molecule has 0 radical (unpaired) electrons. The van der Waals surface area contributed by atoms with Crippen molar-refractivity contribution in [2.24, 2.45) is 0 Å². The summed E-state index contributed by atoms with van der Waals surface area (Å²) in [5.74, 6) is 0.201. The molecule has 0 aliphatic heterocycles. The number of nitrogen functional groups attached to an aromatic ring is 1. The molecule has 0 saturated carbocycles. The van der Waals surface area contributed by atoms with Gasteiger partial charge in [0.25, 0.3) is 5.91 Å². The van der Waals surface area contributed by atoms with Crippen LogP contribution in [0.1, 0.15) is 16.1 Å². The molecule has 0 unspecified atom stereocenters. The van der Waals surface area contributed by atoms with E-state index in [1.165, 1.54) is 6.20 Å². The molecule has 2 aromatic heterocycles. The molecule has 2 rings (SSSR count). The summed E-state index contributed by atoms with van der Waals surface area (Å²) in [5, 5.41) is 2.69. The third-order valence-corrected chi connectivity index (χ3v) is 2.79. The molecular formula is C12H11BrN4O. The van der Waals surface area contributed by atoms with E-state index in [4.69, 9.17) is 5.73 Å². The fraction of sp³-hybridized carbons (Fsp3) is 0.0833. The highest BCUT2D eigenvalue weighted by Crippen LogP contribution is 2.14. The number of anilines is 2.